The van der Waals surface area contributed by atoms with Crippen LogP contribution >= 0.6 is 0 Å². The van der Waals surface area contributed by atoms with Crippen LogP contribution < -0.4 is 11.0 Å². The van der Waals surface area contributed by atoms with Crippen LogP contribution in [0.5, 0.6) is 0 Å². The van der Waals surface area contributed by atoms with Crippen LogP contribution in [0.3, 0.4) is 0 Å². The predicted octanol–water partition coefficient (Wildman–Crippen LogP) is -0.150. The van der Waals surface area contributed by atoms with Gasteiger partial charge in [0.25, 0.3) is 11.5 Å². The first-order valence-electron chi connectivity index (χ1n) is 6.86. The van der Waals surface area contributed by atoms with E-state index in [4.69, 9.17) is 5.21 Å². The van der Waals surface area contributed by atoms with Crippen LogP contribution in [-0.2, 0) is 17.9 Å². The van der Waals surface area contributed by atoms with E-state index in [9.17, 15) is 9.59 Å². The second kappa shape index (κ2) is 5.97. The molecule has 2 N–H and O–H groups in total. The molecule has 0 atom stereocenters. The fraction of sp³-hybridized carbons (Fsp3) is 0.214. The number of nitrogens with one attached hydrogen (secondary N) is 1. The van der Waals surface area contributed by atoms with Crippen LogP contribution in [0.25, 0.3) is 11.0 Å². The summed E-state index contributed by atoms with van der Waals surface area (Å²) in [6, 6.07) is 7.33. The number of hydrogen-bond donors (Lipinski definition) is 2. The molecule has 2 aromatic heterocycles. The highest BCUT2D eigenvalue weighted by molar-refractivity contribution is 5.75. The second-order valence-corrected chi connectivity index (χ2v) is 5.02. The Balaban J connectivity index is 1.97. The number of carbonyl (C=O) groups is 1. The summed E-state index contributed by atoms with van der Waals surface area (Å²) in [5.74, 6) is -0.608. The summed E-state index contributed by atoms with van der Waals surface area (Å²) in [6.45, 7) is 1.71. The van der Waals surface area contributed by atoms with E-state index in [1.54, 1.807) is 17.7 Å². The lowest BCUT2D eigenvalue weighted by Crippen LogP contribution is -2.25. The van der Waals surface area contributed by atoms with Crippen molar-refractivity contribution in [1.29, 1.82) is 0 Å². The predicted molar refractivity (Wildman–Crippen MR) is 79.8 cm³/mol. The number of rotatable bonds is 4. The molecule has 0 saturated carbocycles. The molecule has 0 aliphatic carbocycles. The maximum atomic E-state index is 12.4. The Morgan fingerprint density at radius 1 is 1.35 bits per heavy atom. The number of carbonyl (C=O) groups excluding carboxylic acids is 1. The maximum Gasteiger partial charge on any atom is 0.272 e. The van der Waals surface area contributed by atoms with Gasteiger partial charge >= 0.3 is 0 Å². The van der Waals surface area contributed by atoms with E-state index in [1.165, 1.54) is 10.2 Å². The van der Waals surface area contributed by atoms with Crippen LogP contribution in [0.1, 0.15) is 11.4 Å². The zero-order valence-corrected chi connectivity index (χ0v) is 12.3. The van der Waals surface area contributed by atoms with Gasteiger partial charge in [-0.2, -0.15) is 0 Å². The largest absolute Gasteiger partial charge is 0.299 e. The summed E-state index contributed by atoms with van der Waals surface area (Å²) in [7, 11) is 0. The molecular formula is C14H14N6O3. The van der Waals surface area contributed by atoms with Gasteiger partial charge in [-0.05, 0) is 19.1 Å². The van der Waals surface area contributed by atoms with Gasteiger partial charge in [0.05, 0.1) is 23.8 Å². The third-order valence-electron chi connectivity index (χ3n) is 3.35. The molecule has 0 aliphatic heterocycles. The topological polar surface area (TPSA) is 115 Å². The van der Waals surface area contributed by atoms with Crippen molar-refractivity contribution < 1.29 is 10.0 Å². The van der Waals surface area contributed by atoms with Crippen LogP contribution in [0.15, 0.2) is 35.3 Å². The van der Waals surface area contributed by atoms with E-state index in [1.807, 2.05) is 24.3 Å². The molecule has 0 radical (unpaired) electrons. The Kier molecular flexibility index (Phi) is 3.85. The van der Waals surface area contributed by atoms with Gasteiger partial charge in [-0.25, -0.2) is 15.1 Å². The van der Waals surface area contributed by atoms with Gasteiger partial charge in [0.1, 0.15) is 17.9 Å². The van der Waals surface area contributed by atoms with Crippen LogP contribution in [0, 0.1) is 6.92 Å². The van der Waals surface area contributed by atoms with E-state index in [2.05, 4.69) is 15.3 Å². The molecule has 118 valence electrons. The first-order chi connectivity index (χ1) is 11.1. The Labute approximate surface area is 130 Å². The lowest BCUT2D eigenvalue weighted by molar-refractivity contribution is -0.130. The third kappa shape index (κ3) is 2.94. The number of amides is 1. The van der Waals surface area contributed by atoms with Crippen molar-refractivity contribution in [2.45, 2.75) is 20.0 Å². The molecule has 0 bridgehead atoms. The van der Waals surface area contributed by atoms with Gasteiger partial charge in [-0.3, -0.25) is 19.4 Å². The Morgan fingerprint density at radius 2 is 2.13 bits per heavy atom. The summed E-state index contributed by atoms with van der Waals surface area (Å²) in [6.07, 6.45) is 1.55. The number of hydrogen-bond acceptors (Lipinski definition) is 6. The maximum absolute atomic E-state index is 12.4. The average molecular weight is 314 g/mol. The minimum Gasteiger partial charge on any atom is -0.299 e. The number of fused-ring (bicyclic) bond motifs is 1. The summed E-state index contributed by atoms with van der Waals surface area (Å²) >= 11 is 0. The number of nitrogens with zero attached hydrogens (tertiary/aromatic N) is 5. The Bertz CT molecular complexity index is 930. The van der Waals surface area contributed by atoms with Crippen LogP contribution in [-0.4, -0.2) is 35.7 Å². The van der Waals surface area contributed by atoms with E-state index in [0.717, 1.165) is 5.52 Å². The van der Waals surface area contributed by atoms with E-state index in [-0.39, 0.29) is 18.6 Å². The van der Waals surface area contributed by atoms with Gasteiger partial charge in [0.15, 0.2) is 0 Å². The quantitative estimate of drug-likeness (QED) is 0.511. The molecule has 23 heavy (non-hydrogen) atoms. The van der Waals surface area contributed by atoms with Crippen molar-refractivity contribution >= 4 is 16.9 Å². The monoisotopic (exact) mass is 314 g/mol. The van der Waals surface area contributed by atoms with Gasteiger partial charge < -0.3 is 0 Å². The lowest BCUT2D eigenvalue weighted by Gasteiger charge is -2.09. The molecule has 3 rings (SSSR count). The zero-order valence-electron chi connectivity index (χ0n) is 12.3. The normalized spacial score (nSPS) is 10.9. The molecule has 3 aromatic rings. The highest BCUT2D eigenvalue weighted by Gasteiger charge is 2.11. The molecule has 2 heterocycles. The van der Waals surface area contributed by atoms with Gasteiger partial charge in [-0.15, -0.1) is 5.10 Å². The van der Waals surface area contributed by atoms with Crippen LogP contribution in [0.4, 0.5) is 0 Å². The summed E-state index contributed by atoms with van der Waals surface area (Å²) < 4.78 is 2.85. The third-order valence-corrected chi connectivity index (χ3v) is 3.35. The standard InChI is InChI=1S/C14H14N6O3/c1-9-14(22)20(12-5-3-2-4-11(12)15-9)7-10-6-19(18-16-10)8-13(21)17-23/h2-6,23H,7-8H2,1H3,(H,17,21). The van der Waals surface area contributed by atoms with Gasteiger partial charge in [0.2, 0.25) is 0 Å². The van der Waals surface area contributed by atoms with Crippen molar-refractivity contribution in [2.75, 3.05) is 0 Å². The molecule has 1 amide bonds. The second-order valence-electron chi connectivity index (χ2n) is 5.02. The number of aromatic nitrogens is 5. The van der Waals surface area contributed by atoms with E-state index >= 15 is 0 Å². The zero-order chi connectivity index (χ0) is 16.4. The smallest absolute Gasteiger partial charge is 0.272 e. The molecule has 9 heteroatoms. The van der Waals surface area contributed by atoms with Crippen LogP contribution in [0.2, 0.25) is 0 Å². The van der Waals surface area contributed by atoms with Crippen molar-refractivity contribution in [3.05, 3.63) is 52.2 Å². The summed E-state index contributed by atoms with van der Waals surface area (Å²) in [5, 5.41) is 16.3. The lowest BCUT2D eigenvalue weighted by atomic mass is 10.2. The van der Waals surface area contributed by atoms with Crippen molar-refractivity contribution in [3.8, 4) is 0 Å². The highest BCUT2D eigenvalue weighted by atomic mass is 16.5. The van der Waals surface area contributed by atoms with Crippen molar-refractivity contribution in [1.82, 2.24) is 30.0 Å². The Morgan fingerprint density at radius 3 is 2.91 bits per heavy atom. The average Bonchev–Trinajstić information content (AvgIpc) is 2.98. The minimum absolute atomic E-state index is 0.158. The molecule has 0 aliphatic rings. The molecule has 9 nitrogen and oxygen atoms in total. The molecule has 0 fully saturated rings. The first-order valence-corrected chi connectivity index (χ1v) is 6.86. The molecule has 0 saturated heterocycles. The number of para-hydroxylation sites is 2. The molecular weight excluding hydrogens is 300 g/mol. The molecule has 0 unspecified atom stereocenters. The molecule has 1 aromatic carbocycles. The number of aryl methyl sites for hydroxylation is 1. The van der Waals surface area contributed by atoms with Crippen molar-refractivity contribution in [3.63, 3.8) is 0 Å². The fourth-order valence-electron chi connectivity index (χ4n) is 2.31. The van der Waals surface area contributed by atoms with Gasteiger partial charge in [-0.1, -0.05) is 17.3 Å². The molecule has 0 spiro atoms. The summed E-state index contributed by atoms with van der Waals surface area (Å²) in [4.78, 5) is 27.8. The first kappa shape index (κ1) is 14.9. The van der Waals surface area contributed by atoms with E-state index in [0.29, 0.717) is 16.9 Å². The van der Waals surface area contributed by atoms with E-state index < -0.39 is 5.91 Å². The summed E-state index contributed by atoms with van der Waals surface area (Å²) in [5.41, 5.74) is 3.66. The number of hydroxylamine groups is 1. The van der Waals surface area contributed by atoms with Gasteiger partial charge in [0, 0.05) is 0 Å². The Hall–Kier alpha value is -3.07. The SMILES string of the molecule is Cc1nc2ccccc2n(Cc2cn(CC(=O)NO)nn2)c1=O. The fourth-order valence-corrected chi connectivity index (χ4v) is 2.31. The highest BCUT2D eigenvalue weighted by Crippen LogP contribution is 2.11. The minimum atomic E-state index is -0.608. The number of benzene rings is 1. The van der Waals surface area contributed by atoms with Crippen molar-refractivity contribution in [2.24, 2.45) is 0 Å².